The van der Waals surface area contributed by atoms with E-state index in [2.05, 4.69) is 32.7 Å². The van der Waals surface area contributed by atoms with Crippen LogP contribution >= 0.6 is 0 Å². The molecular formula is C45H52N6O5. The molecule has 0 saturated carbocycles. The molecule has 0 unspecified atom stereocenters. The Balaban J connectivity index is 1.09. The van der Waals surface area contributed by atoms with Crippen LogP contribution in [0.25, 0.3) is 0 Å². The normalized spacial score (nSPS) is 18.5. The Morgan fingerprint density at radius 2 is 1.57 bits per heavy atom. The summed E-state index contributed by atoms with van der Waals surface area (Å²) in [7, 11) is 1.69. The predicted octanol–water partition coefficient (Wildman–Crippen LogP) is 6.71. The van der Waals surface area contributed by atoms with Crippen LogP contribution in [0.1, 0.15) is 73.9 Å². The van der Waals surface area contributed by atoms with Crippen LogP contribution in [0.3, 0.4) is 0 Å². The van der Waals surface area contributed by atoms with E-state index in [9.17, 15) is 19.2 Å². The van der Waals surface area contributed by atoms with Gasteiger partial charge in [0.05, 0.1) is 5.41 Å². The van der Waals surface area contributed by atoms with E-state index in [1.54, 1.807) is 18.1 Å². The third-order valence-electron chi connectivity index (χ3n) is 11.4. The zero-order chi connectivity index (χ0) is 39.7. The monoisotopic (exact) mass is 756 g/mol. The van der Waals surface area contributed by atoms with E-state index in [0.717, 1.165) is 47.5 Å². The molecule has 3 heterocycles. The zero-order valence-electron chi connectivity index (χ0n) is 33.1. The van der Waals surface area contributed by atoms with Gasteiger partial charge in [0.15, 0.2) is 0 Å². The second-order valence-electron chi connectivity index (χ2n) is 16.9. The van der Waals surface area contributed by atoms with E-state index >= 15 is 0 Å². The number of amides is 4. The van der Waals surface area contributed by atoms with Crippen molar-refractivity contribution in [1.29, 1.82) is 0 Å². The maximum absolute atomic E-state index is 14.7. The minimum atomic E-state index is -0.713. The lowest BCUT2D eigenvalue weighted by atomic mass is 9.78. The van der Waals surface area contributed by atoms with Crippen LogP contribution in [0.15, 0.2) is 91.1 Å². The number of nitrogens with one attached hydrogen (secondary N) is 2. The van der Waals surface area contributed by atoms with E-state index in [0.29, 0.717) is 37.2 Å². The summed E-state index contributed by atoms with van der Waals surface area (Å²) in [5.41, 5.74) is 4.51. The van der Waals surface area contributed by atoms with Crippen molar-refractivity contribution in [2.24, 2.45) is 5.41 Å². The summed E-state index contributed by atoms with van der Waals surface area (Å²) in [5.74, 6) is 0.168. The highest BCUT2D eigenvalue weighted by atomic mass is 16.6. The predicted molar refractivity (Wildman–Crippen MR) is 216 cm³/mol. The van der Waals surface area contributed by atoms with Gasteiger partial charge in [0.1, 0.15) is 18.0 Å². The third kappa shape index (κ3) is 8.33. The van der Waals surface area contributed by atoms with E-state index in [4.69, 9.17) is 4.74 Å². The van der Waals surface area contributed by atoms with Crippen LogP contribution in [0.5, 0.6) is 0 Å². The molecule has 1 spiro atoms. The number of rotatable bonds is 10. The number of benzene rings is 3. The van der Waals surface area contributed by atoms with Gasteiger partial charge >= 0.3 is 6.09 Å². The van der Waals surface area contributed by atoms with E-state index in [-0.39, 0.29) is 37.4 Å². The summed E-state index contributed by atoms with van der Waals surface area (Å²) in [6, 6.07) is 27.7. The first-order valence-electron chi connectivity index (χ1n) is 19.5. The summed E-state index contributed by atoms with van der Waals surface area (Å²) in [4.78, 5) is 64.8. The average Bonchev–Trinajstić information content (AvgIpc) is 3.68. The van der Waals surface area contributed by atoms with Gasteiger partial charge in [0, 0.05) is 49.5 Å². The summed E-state index contributed by atoms with van der Waals surface area (Å²) < 4.78 is 5.60. The largest absolute Gasteiger partial charge is 0.444 e. The molecule has 2 aliphatic heterocycles. The maximum atomic E-state index is 14.7. The number of hydrogen-bond donors (Lipinski definition) is 2. The molecule has 1 saturated heterocycles. The number of piperidine rings is 1. The topological polar surface area (TPSA) is 124 Å². The molecule has 4 aromatic rings. The fraction of sp³-hybridized carbons (Fsp3) is 0.400. The molecule has 2 N–H and O–H groups in total. The number of anilines is 2. The fourth-order valence-electron chi connectivity index (χ4n) is 8.29. The van der Waals surface area contributed by atoms with Crippen LogP contribution in [0, 0.1) is 5.41 Å². The van der Waals surface area contributed by atoms with Gasteiger partial charge in [0.2, 0.25) is 17.7 Å². The number of carbonyl (C=O) groups excluding carboxylic acids is 4. The van der Waals surface area contributed by atoms with Crippen molar-refractivity contribution in [3.8, 4) is 0 Å². The van der Waals surface area contributed by atoms with Crippen molar-refractivity contribution in [3.63, 3.8) is 0 Å². The Morgan fingerprint density at radius 1 is 0.893 bits per heavy atom. The molecule has 11 heteroatoms. The first-order valence-corrected chi connectivity index (χ1v) is 19.5. The number of nitrogens with zero attached hydrogens (tertiary/aromatic N) is 4. The number of aromatic nitrogens is 1. The standard InChI is InChI=1S/C45H52N6O5/c1-43(2,3)56-42(55)49(5)28-33-14-9-10-15-34(33)29-51(41(54)44(4)19-22-50(23-20-44)27-31-12-7-6-8-13-31)30-38(52)47-36-18-17-32-25-45(26-35(32)24-36)37-16-11-21-46-39(37)48-40(45)53/h6-18,21,24H,19-20,22-23,25-30H2,1-5H3,(H,47,52)(H,46,48,53)/t45-/m1/s1. The van der Waals surface area contributed by atoms with Gasteiger partial charge in [0.25, 0.3) is 0 Å². The first kappa shape index (κ1) is 38.7. The lowest BCUT2D eigenvalue weighted by Crippen LogP contribution is -2.50. The maximum Gasteiger partial charge on any atom is 0.410 e. The number of fused-ring (bicyclic) bond motifs is 3. The quantitative estimate of drug-likeness (QED) is 0.185. The van der Waals surface area contributed by atoms with Gasteiger partial charge < -0.3 is 25.2 Å². The molecule has 1 aromatic heterocycles. The third-order valence-corrected chi connectivity index (χ3v) is 11.4. The summed E-state index contributed by atoms with van der Waals surface area (Å²) in [5, 5.41) is 6.01. The van der Waals surface area contributed by atoms with Crippen LogP contribution in [0.4, 0.5) is 16.3 Å². The molecule has 0 bridgehead atoms. The number of ether oxygens (including phenoxy) is 1. The van der Waals surface area contributed by atoms with Gasteiger partial charge in [-0.3, -0.25) is 19.3 Å². The Hall–Kier alpha value is -5.55. The van der Waals surface area contributed by atoms with Crippen LogP contribution in [-0.4, -0.2) is 75.8 Å². The Bertz CT molecular complexity index is 2120. The Morgan fingerprint density at radius 3 is 2.29 bits per heavy atom. The van der Waals surface area contributed by atoms with E-state index in [1.807, 2.05) is 100 Å². The molecule has 11 nitrogen and oxygen atoms in total. The highest BCUT2D eigenvalue weighted by Gasteiger charge is 2.51. The first-order chi connectivity index (χ1) is 26.7. The second kappa shape index (κ2) is 15.5. The summed E-state index contributed by atoms with van der Waals surface area (Å²) >= 11 is 0. The number of pyridine rings is 1. The second-order valence-corrected chi connectivity index (χ2v) is 16.9. The van der Waals surface area contributed by atoms with Crippen molar-refractivity contribution < 1.29 is 23.9 Å². The molecule has 0 radical (unpaired) electrons. The van der Waals surface area contributed by atoms with Crippen molar-refractivity contribution in [2.75, 3.05) is 37.3 Å². The molecule has 1 aliphatic carbocycles. The molecule has 56 heavy (non-hydrogen) atoms. The number of hydrogen-bond acceptors (Lipinski definition) is 7. The molecule has 1 fully saturated rings. The van der Waals surface area contributed by atoms with Crippen molar-refractivity contribution in [1.82, 2.24) is 19.7 Å². The highest BCUT2D eigenvalue weighted by molar-refractivity contribution is 6.06. The molecule has 4 amide bonds. The lowest BCUT2D eigenvalue weighted by molar-refractivity contribution is -0.146. The van der Waals surface area contributed by atoms with Gasteiger partial charge in [-0.1, -0.05) is 73.7 Å². The number of likely N-dealkylation sites (tertiary alicyclic amines) is 1. The molecule has 7 rings (SSSR count). The zero-order valence-corrected chi connectivity index (χ0v) is 33.1. The molecule has 292 valence electrons. The van der Waals surface area contributed by atoms with Crippen LogP contribution < -0.4 is 10.6 Å². The Kier molecular flexibility index (Phi) is 10.7. The SMILES string of the molecule is CN(Cc1ccccc1CN(CC(=O)Nc1ccc2c(c1)C[C@@]1(C2)C(=O)Nc2ncccc21)C(=O)C1(C)CCN(Cc2ccccc2)CC1)C(=O)OC(C)(C)C. The molecule has 3 aromatic carbocycles. The highest BCUT2D eigenvalue weighted by Crippen LogP contribution is 2.47. The Labute approximate surface area is 329 Å². The van der Waals surface area contributed by atoms with Gasteiger partial charge in [-0.2, -0.15) is 0 Å². The van der Waals surface area contributed by atoms with Crippen LogP contribution in [-0.2, 0) is 57.0 Å². The van der Waals surface area contributed by atoms with E-state index < -0.39 is 22.5 Å². The molecule has 3 aliphatic rings. The molecular weight excluding hydrogens is 705 g/mol. The lowest BCUT2D eigenvalue weighted by Gasteiger charge is -2.41. The summed E-state index contributed by atoms with van der Waals surface area (Å²) in [6.07, 6.45) is 3.64. The fourth-order valence-corrected chi connectivity index (χ4v) is 8.29. The van der Waals surface area contributed by atoms with Gasteiger partial charge in [-0.15, -0.1) is 0 Å². The van der Waals surface area contributed by atoms with Crippen LogP contribution in [0.2, 0.25) is 0 Å². The smallest absolute Gasteiger partial charge is 0.410 e. The minimum Gasteiger partial charge on any atom is -0.444 e. The minimum absolute atomic E-state index is 0.0564. The van der Waals surface area contributed by atoms with Crippen molar-refractivity contribution in [3.05, 3.63) is 125 Å². The van der Waals surface area contributed by atoms with Crippen molar-refractivity contribution >= 4 is 35.3 Å². The van der Waals surface area contributed by atoms with Crippen molar-refractivity contribution in [2.45, 2.75) is 84.0 Å². The van der Waals surface area contributed by atoms with Gasteiger partial charge in [-0.05, 0) is 106 Å². The number of carbonyl (C=O) groups is 4. The molecule has 1 atom stereocenters. The van der Waals surface area contributed by atoms with Gasteiger partial charge in [-0.25, -0.2) is 9.78 Å². The van der Waals surface area contributed by atoms with E-state index in [1.165, 1.54) is 10.5 Å². The average molecular weight is 757 g/mol. The summed E-state index contributed by atoms with van der Waals surface area (Å²) in [6.45, 7) is 10.2.